The Morgan fingerprint density at radius 2 is 1.11 bits per heavy atom. The third-order valence-electron chi connectivity index (χ3n) is 11.2. The highest BCUT2D eigenvalue weighted by Crippen LogP contribution is 2.58. The van der Waals surface area contributed by atoms with E-state index in [0.717, 1.165) is 12.8 Å². The van der Waals surface area contributed by atoms with E-state index in [-0.39, 0.29) is 0 Å². The van der Waals surface area contributed by atoms with Crippen LogP contribution in [0.25, 0.3) is 37.9 Å². The molecule has 0 aliphatic heterocycles. The zero-order chi connectivity index (χ0) is 29.0. The molecule has 3 aliphatic carbocycles. The standard InChI is InChI=1S/C44H38/c1-2-14-29(15-3-1)32-17-6-8-20-35(32)43-37-22-10-12-24-39(37)44(40-25-13-11-23-38(40)43)41-28-31-27-26-30-16-4-5-18-33(30)42(31)36-21-9-7-19-34(36)41/h1-2,4-10,12,14,16-22,24,26-28,38,40,43-44H,3,11,13,15,23,25H2. The summed E-state index contributed by atoms with van der Waals surface area (Å²) in [6.45, 7) is 0. The number of hydrogen-bond acceptors (Lipinski definition) is 0. The fourth-order valence-corrected chi connectivity index (χ4v) is 9.40. The molecule has 6 aromatic carbocycles. The van der Waals surface area contributed by atoms with E-state index in [2.05, 4.69) is 133 Å². The Bertz CT molecular complexity index is 2110. The maximum atomic E-state index is 2.57. The zero-order valence-electron chi connectivity index (χ0n) is 25.3. The highest BCUT2D eigenvalue weighted by molar-refractivity contribution is 6.21. The second-order valence-electron chi connectivity index (χ2n) is 13.3. The van der Waals surface area contributed by atoms with Crippen molar-refractivity contribution in [2.24, 2.45) is 11.8 Å². The molecule has 0 spiro atoms. The molecule has 0 radical (unpaired) electrons. The lowest BCUT2D eigenvalue weighted by molar-refractivity contribution is 0.180. The molecule has 0 heteroatoms. The molecule has 0 amide bonds. The minimum atomic E-state index is 0.400. The number of fused-ring (bicyclic) bond motifs is 7. The SMILES string of the molecule is C1=CCCC(c2ccccc2C2c3ccccc3C(c3cc4ccc5ccccc5c4c4ccccc34)C3CCCCC23)=C1. The van der Waals surface area contributed by atoms with Crippen molar-refractivity contribution in [3.63, 3.8) is 0 Å². The normalized spacial score (nSPS) is 23.0. The van der Waals surface area contributed by atoms with Crippen molar-refractivity contribution in [1.82, 2.24) is 0 Å². The summed E-state index contributed by atoms with van der Waals surface area (Å²) < 4.78 is 0. The van der Waals surface area contributed by atoms with Crippen LogP contribution < -0.4 is 0 Å². The molecule has 3 aliphatic rings. The van der Waals surface area contributed by atoms with E-state index in [1.54, 1.807) is 16.7 Å². The van der Waals surface area contributed by atoms with E-state index in [9.17, 15) is 0 Å². The lowest BCUT2D eigenvalue weighted by Crippen LogP contribution is -2.37. The minimum Gasteiger partial charge on any atom is -0.0842 e. The van der Waals surface area contributed by atoms with Gasteiger partial charge in [0.15, 0.2) is 0 Å². The Hall–Kier alpha value is -4.42. The van der Waals surface area contributed by atoms with Crippen LogP contribution in [-0.4, -0.2) is 0 Å². The van der Waals surface area contributed by atoms with Crippen molar-refractivity contribution in [1.29, 1.82) is 0 Å². The average molecular weight is 567 g/mol. The van der Waals surface area contributed by atoms with E-state index in [1.165, 1.54) is 74.7 Å². The van der Waals surface area contributed by atoms with Crippen molar-refractivity contribution in [2.45, 2.75) is 50.4 Å². The quantitative estimate of drug-likeness (QED) is 0.187. The van der Waals surface area contributed by atoms with Crippen LogP contribution in [0.4, 0.5) is 0 Å². The Morgan fingerprint density at radius 3 is 1.86 bits per heavy atom. The van der Waals surface area contributed by atoms with E-state index >= 15 is 0 Å². The molecule has 0 bridgehead atoms. The molecule has 0 aromatic heterocycles. The van der Waals surface area contributed by atoms with Gasteiger partial charge in [0.05, 0.1) is 0 Å². The van der Waals surface area contributed by atoms with Gasteiger partial charge >= 0.3 is 0 Å². The predicted octanol–water partition coefficient (Wildman–Crippen LogP) is 12.0. The van der Waals surface area contributed by atoms with Gasteiger partial charge in [0.2, 0.25) is 0 Å². The number of benzene rings is 6. The van der Waals surface area contributed by atoms with Crippen molar-refractivity contribution >= 4 is 37.9 Å². The monoisotopic (exact) mass is 566 g/mol. The van der Waals surface area contributed by atoms with Crippen molar-refractivity contribution in [3.8, 4) is 0 Å². The van der Waals surface area contributed by atoms with E-state index in [1.807, 2.05) is 0 Å². The fraction of sp³-hybridized carbons (Fsp3) is 0.227. The lowest BCUT2D eigenvalue weighted by atomic mass is 9.55. The highest BCUT2D eigenvalue weighted by atomic mass is 14.5. The average Bonchev–Trinajstić information content (AvgIpc) is 3.10. The lowest BCUT2D eigenvalue weighted by Gasteiger charge is -2.48. The summed E-state index contributed by atoms with van der Waals surface area (Å²) in [4.78, 5) is 0. The third kappa shape index (κ3) is 4.04. The van der Waals surface area contributed by atoms with Crippen LogP contribution in [0.5, 0.6) is 0 Å². The molecule has 9 rings (SSSR count). The first-order valence-electron chi connectivity index (χ1n) is 16.7. The Balaban J connectivity index is 1.30. The van der Waals surface area contributed by atoms with Crippen LogP contribution >= 0.6 is 0 Å². The van der Waals surface area contributed by atoms with Crippen LogP contribution in [-0.2, 0) is 0 Å². The molecule has 44 heavy (non-hydrogen) atoms. The molecular weight excluding hydrogens is 528 g/mol. The van der Waals surface area contributed by atoms with Crippen molar-refractivity contribution in [2.75, 3.05) is 0 Å². The van der Waals surface area contributed by atoms with Crippen LogP contribution in [0.15, 0.2) is 133 Å². The summed E-state index contributed by atoms with van der Waals surface area (Å²) in [7, 11) is 0. The maximum absolute atomic E-state index is 2.57. The first-order chi connectivity index (χ1) is 21.9. The van der Waals surface area contributed by atoms with E-state index < -0.39 is 0 Å². The minimum absolute atomic E-state index is 0.400. The smallest absolute Gasteiger partial charge is 0.0130 e. The Morgan fingerprint density at radius 1 is 0.500 bits per heavy atom. The molecule has 1 fully saturated rings. The van der Waals surface area contributed by atoms with Gasteiger partial charge in [0, 0.05) is 11.8 Å². The molecule has 0 nitrogen and oxygen atoms in total. The number of rotatable bonds is 3. The third-order valence-corrected chi connectivity index (χ3v) is 11.2. The molecule has 214 valence electrons. The molecule has 0 saturated heterocycles. The number of hydrogen-bond donors (Lipinski definition) is 0. The molecular formula is C44H38. The van der Waals surface area contributed by atoms with E-state index in [4.69, 9.17) is 0 Å². The van der Waals surface area contributed by atoms with Crippen LogP contribution in [0.3, 0.4) is 0 Å². The molecule has 4 unspecified atom stereocenters. The largest absolute Gasteiger partial charge is 0.0842 e. The van der Waals surface area contributed by atoms with Gasteiger partial charge in [-0.15, -0.1) is 0 Å². The summed E-state index contributed by atoms with van der Waals surface area (Å²) in [6, 6.07) is 44.3. The summed E-state index contributed by atoms with van der Waals surface area (Å²) in [6.07, 6.45) is 14.5. The molecule has 0 N–H and O–H groups in total. The first kappa shape index (κ1) is 26.0. The van der Waals surface area contributed by atoms with Crippen LogP contribution in [0.2, 0.25) is 0 Å². The molecule has 1 saturated carbocycles. The van der Waals surface area contributed by atoms with Gasteiger partial charge in [-0.25, -0.2) is 0 Å². The summed E-state index contributed by atoms with van der Waals surface area (Å²) >= 11 is 0. The van der Waals surface area contributed by atoms with Gasteiger partial charge in [0.1, 0.15) is 0 Å². The Kier molecular flexibility index (Phi) is 6.29. The van der Waals surface area contributed by atoms with E-state index in [0.29, 0.717) is 23.7 Å². The number of allylic oxidation sites excluding steroid dienone is 4. The Labute approximate surface area is 260 Å². The zero-order valence-corrected chi connectivity index (χ0v) is 25.3. The molecule has 4 atom stereocenters. The van der Waals surface area contributed by atoms with Crippen molar-refractivity contribution < 1.29 is 0 Å². The second-order valence-corrected chi connectivity index (χ2v) is 13.3. The molecule has 6 aromatic rings. The van der Waals surface area contributed by atoms with Gasteiger partial charge in [-0.1, -0.05) is 140 Å². The van der Waals surface area contributed by atoms with Crippen LogP contribution in [0, 0.1) is 11.8 Å². The van der Waals surface area contributed by atoms with Gasteiger partial charge < -0.3 is 0 Å². The maximum Gasteiger partial charge on any atom is 0.0130 e. The fourth-order valence-electron chi connectivity index (χ4n) is 9.40. The summed E-state index contributed by atoms with van der Waals surface area (Å²) in [5.41, 5.74) is 9.16. The highest BCUT2D eigenvalue weighted by Gasteiger charge is 2.45. The van der Waals surface area contributed by atoms with Gasteiger partial charge in [-0.3, -0.25) is 0 Å². The first-order valence-corrected chi connectivity index (χ1v) is 16.7. The summed E-state index contributed by atoms with van der Waals surface area (Å²) in [5.74, 6) is 2.10. The van der Waals surface area contributed by atoms with Gasteiger partial charge in [-0.2, -0.15) is 0 Å². The summed E-state index contributed by atoms with van der Waals surface area (Å²) in [5, 5.41) is 8.26. The topological polar surface area (TPSA) is 0 Å². The van der Waals surface area contributed by atoms with Crippen LogP contribution in [0.1, 0.15) is 78.2 Å². The predicted molar refractivity (Wildman–Crippen MR) is 187 cm³/mol. The molecule has 0 heterocycles. The second kappa shape index (κ2) is 10.6. The van der Waals surface area contributed by atoms with Gasteiger partial charge in [0.25, 0.3) is 0 Å². The van der Waals surface area contributed by atoms with Gasteiger partial charge in [-0.05, 0) is 109 Å². The van der Waals surface area contributed by atoms with Crippen molar-refractivity contribution in [3.05, 3.63) is 161 Å².